The third kappa shape index (κ3) is 3.55. The molecule has 0 unspecified atom stereocenters. The Hall–Kier alpha value is -3.72. The summed E-state index contributed by atoms with van der Waals surface area (Å²) >= 11 is 0. The van der Waals surface area contributed by atoms with Crippen LogP contribution in [-0.4, -0.2) is 15.3 Å². The van der Waals surface area contributed by atoms with E-state index in [1.54, 1.807) is 30.3 Å². The average Bonchev–Trinajstić information content (AvgIpc) is 2.71. The van der Waals surface area contributed by atoms with Gasteiger partial charge in [0.05, 0.1) is 0 Å². The number of aromatic hydroxyl groups is 3. The third-order valence-electron chi connectivity index (χ3n) is 4.86. The maximum Gasteiger partial charge on any atom is 0.118 e. The summed E-state index contributed by atoms with van der Waals surface area (Å²) < 4.78 is 0. The number of benzene rings is 4. The maximum absolute atomic E-state index is 9.86. The molecule has 0 amide bonds. The molecule has 0 spiro atoms. The highest BCUT2D eigenvalue weighted by Crippen LogP contribution is 2.35. The molecular weight excluding hydrogens is 348 g/mol. The summed E-state index contributed by atoms with van der Waals surface area (Å²) in [7, 11) is 0. The molecule has 4 aromatic rings. The van der Waals surface area contributed by atoms with E-state index in [0.717, 1.165) is 38.9 Å². The first-order chi connectivity index (χ1) is 13.5. The molecule has 0 aliphatic rings. The number of aryl methyl sites for hydroxylation is 1. The second kappa shape index (κ2) is 7.12. The first-order valence-electron chi connectivity index (χ1n) is 9.03. The van der Waals surface area contributed by atoms with E-state index >= 15 is 0 Å². The molecule has 0 heterocycles. The summed E-state index contributed by atoms with van der Waals surface area (Å²) in [6.07, 6.45) is 0. The molecule has 138 valence electrons. The molecular formula is C25H20O3. The van der Waals surface area contributed by atoms with Crippen molar-refractivity contribution in [2.24, 2.45) is 0 Å². The number of phenolic OH excluding ortho intramolecular Hbond substituents is 3. The van der Waals surface area contributed by atoms with Crippen molar-refractivity contribution in [3.63, 3.8) is 0 Å². The van der Waals surface area contributed by atoms with Crippen molar-refractivity contribution in [2.45, 2.75) is 6.92 Å². The Balaban J connectivity index is 1.90. The minimum atomic E-state index is 0.229. The molecule has 28 heavy (non-hydrogen) atoms. The van der Waals surface area contributed by atoms with Crippen LogP contribution in [0.15, 0.2) is 84.9 Å². The van der Waals surface area contributed by atoms with Gasteiger partial charge in [0.2, 0.25) is 0 Å². The van der Waals surface area contributed by atoms with E-state index in [0.29, 0.717) is 0 Å². The third-order valence-corrected chi connectivity index (χ3v) is 4.86. The first kappa shape index (κ1) is 17.7. The fourth-order valence-corrected chi connectivity index (χ4v) is 3.27. The molecule has 0 aliphatic heterocycles. The Bertz CT molecular complexity index is 1060. The van der Waals surface area contributed by atoms with Crippen LogP contribution in [0.25, 0.3) is 33.4 Å². The van der Waals surface area contributed by atoms with Gasteiger partial charge in [-0.05, 0) is 100 Å². The van der Waals surface area contributed by atoms with E-state index in [-0.39, 0.29) is 17.2 Å². The standard InChI is InChI=1S/C25H20O3/c1-16-12-19(6-11-25(16)28)22-14-20(17-2-7-23(26)8-3-17)13-21(15-22)18-4-9-24(27)10-5-18/h2-15,26-28H,1H3. The fourth-order valence-electron chi connectivity index (χ4n) is 3.27. The predicted molar refractivity (Wildman–Crippen MR) is 112 cm³/mol. The zero-order valence-electron chi connectivity index (χ0n) is 15.4. The molecule has 3 nitrogen and oxygen atoms in total. The van der Waals surface area contributed by atoms with E-state index in [4.69, 9.17) is 0 Å². The molecule has 4 aromatic carbocycles. The minimum absolute atomic E-state index is 0.229. The van der Waals surface area contributed by atoms with Gasteiger partial charge in [-0.1, -0.05) is 30.3 Å². The minimum Gasteiger partial charge on any atom is -0.508 e. The van der Waals surface area contributed by atoms with Crippen molar-refractivity contribution < 1.29 is 15.3 Å². The van der Waals surface area contributed by atoms with Gasteiger partial charge in [0, 0.05) is 0 Å². The predicted octanol–water partition coefficient (Wildman–Crippen LogP) is 6.11. The Kier molecular flexibility index (Phi) is 4.50. The van der Waals surface area contributed by atoms with Gasteiger partial charge in [-0.15, -0.1) is 0 Å². The molecule has 0 saturated carbocycles. The van der Waals surface area contributed by atoms with Crippen LogP contribution >= 0.6 is 0 Å². The van der Waals surface area contributed by atoms with Crippen molar-refractivity contribution in [1.82, 2.24) is 0 Å². The van der Waals surface area contributed by atoms with E-state index < -0.39 is 0 Å². The van der Waals surface area contributed by atoms with Crippen LogP contribution in [0, 0.1) is 6.92 Å². The molecule has 0 aliphatic carbocycles. The van der Waals surface area contributed by atoms with Gasteiger partial charge in [0.1, 0.15) is 17.2 Å². The number of rotatable bonds is 3. The zero-order chi connectivity index (χ0) is 19.7. The topological polar surface area (TPSA) is 60.7 Å². The van der Waals surface area contributed by atoms with Crippen molar-refractivity contribution in [3.05, 3.63) is 90.5 Å². The largest absolute Gasteiger partial charge is 0.508 e. The van der Waals surface area contributed by atoms with Crippen LogP contribution in [0.4, 0.5) is 0 Å². The van der Waals surface area contributed by atoms with E-state index in [1.807, 2.05) is 43.3 Å². The summed E-state index contributed by atoms with van der Waals surface area (Å²) in [4.78, 5) is 0. The normalized spacial score (nSPS) is 10.8. The van der Waals surface area contributed by atoms with Crippen LogP contribution in [0.1, 0.15) is 5.56 Å². The average molecular weight is 368 g/mol. The molecule has 0 radical (unpaired) electrons. The summed E-state index contributed by atoms with van der Waals surface area (Å²) in [6.45, 7) is 1.88. The van der Waals surface area contributed by atoms with Crippen LogP contribution in [0.5, 0.6) is 17.2 Å². The van der Waals surface area contributed by atoms with Gasteiger partial charge in [0.15, 0.2) is 0 Å². The van der Waals surface area contributed by atoms with Crippen LogP contribution < -0.4 is 0 Å². The second-order valence-electron chi connectivity index (χ2n) is 6.89. The van der Waals surface area contributed by atoms with E-state index in [9.17, 15) is 15.3 Å². The highest BCUT2D eigenvalue weighted by Gasteiger charge is 2.09. The lowest BCUT2D eigenvalue weighted by Crippen LogP contribution is -1.87. The van der Waals surface area contributed by atoms with Gasteiger partial charge in [0.25, 0.3) is 0 Å². The van der Waals surface area contributed by atoms with E-state index in [1.165, 1.54) is 0 Å². The molecule has 0 bridgehead atoms. The van der Waals surface area contributed by atoms with Gasteiger partial charge < -0.3 is 15.3 Å². The van der Waals surface area contributed by atoms with Crippen molar-refractivity contribution >= 4 is 0 Å². The van der Waals surface area contributed by atoms with Gasteiger partial charge in [-0.3, -0.25) is 0 Å². The smallest absolute Gasteiger partial charge is 0.118 e. The van der Waals surface area contributed by atoms with Gasteiger partial charge in [-0.25, -0.2) is 0 Å². The number of phenols is 3. The fraction of sp³-hybridized carbons (Fsp3) is 0.0400. The summed E-state index contributed by atoms with van der Waals surface area (Å²) in [5.74, 6) is 0.734. The molecule has 3 N–H and O–H groups in total. The van der Waals surface area contributed by atoms with Gasteiger partial charge in [-0.2, -0.15) is 0 Å². The number of hydrogen-bond acceptors (Lipinski definition) is 3. The molecule has 3 heteroatoms. The van der Waals surface area contributed by atoms with Crippen molar-refractivity contribution in [1.29, 1.82) is 0 Å². The van der Waals surface area contributed by atoms with Gasteiger partial charge >= 0.3 is 0 Å². The Morgan fingerprint density at radius 2 is 0.821 bits per heavy atom. The Morgan fingerprint density at radius 3 is 1.25 bits per heavy atom. The quantitative estimate of drug-likeness (QED) is 0.409. The number of hydrogen-bond donors (Lipinski definition) is 3. The van der Waals surface area contributed by atoms with Crippen LogP contribution in [0.2, 0.25) is 0 Å². The first-order valence-corrected chi connectivity index (χ1v) is 9.03. The Labute approximate surface area is 163 Å². The van der Waals surface area contributed by atoms with E-state index in [2.05, 4.69) is 18.2 Å². The van der Waals surface area contributed by atoms with Crippen molar-refractivity contribution in [2.75, 3.05) is 0 Å². The molecule has 0 atom stereocenters. The lowest BCUT2D eigenvalue weighted by molar-refractivity contribution is 0.471. The molecule has 4 rings (SSSR count). The van der Waals surface area contributed by atoms with Crippen molar-refractivity contribution in [3.8, 4) is 50.6 Å². The molecule has 0 aromatic heterocycles. The SMILES string of the molecule is Cc1cc(-c2cc(-c3ccc(O)cc3)cc(-c3ccc(O)cc3)c2)ccc1O. The lowest BCUT2D eigenvalue weighted by Gasteiger charge is -2.12. The summed E-state index contributed by atoms with van der Waals surface area (Å²) in [6, 6.07) is 26.1. The monoisotopic (exact) mass is 368 g/mol. The Morgan fingerprint density at radius 1 is 0.429 bits per heavy atom. The summed E-state index contributed by atoms with van der Waals surface area (Å²) in [5.41, 5.74) is 6.88. The highest BCUT2D eigenvalue weighted by molar-refractivity contribution is 5.81. The van der Waals surface area contributed by atoms with Crippen LogP contribution in [0.3, 0.4) is 0 Å². The maximum atomic E-state index is 9.86. The highest BCUT2D eigenvalue weighted by atomic mass is 16.3. The van der Waals surface area contributed by atoms with Crippen LogP contribution in [-0.2, 0) is 0 Å². The summed E-state index contributed by atoms with van der Waals surface area (Å²) in [5, 5.41) is 29.1. The molecule has 0 fully saturated rings. The molecule has 0 saturated heterocycles. The lowest BCUT2D eigenvalue weighted by atomic mass is 9.93. The second-order valence-corrected chi connectivity index (χ2v) is 6.89. The zero-order valence-corrected chi connectivity index (χ0v) is 15.4.